The van der Waals surface area contributed by atoms with E-state index in [1.807, 2.05) is 36.4 Å². The molecule has 1 atom stereocenters. The number of carbonyl (C=O) groups excluding carboxylic acids is 1. The molecule has 8 heteroatoms. The summed E-state index contributed by atoms with van der Waals surface area (Å²) in [5.74, 6) is -0.449. The smallest absolute Gasteiger partial charge is 0.449 e. The maximum absolute atomic E-state index is 12.9. The summed E-state index contributed by atoms with van der Waals surface area (Å²) in [6.45, 7) is 0.256. The third kappa shape index (κ3) is 4.14. The average molecular weight is 464 g/mol. The van der Waals surface area contributed by atoms with Crippen LogP contribution in [0.2, 0.25) is 0 Å². The van der Waals surface area contributed by atoms with E-state index in [2.05, 4.69) is 11.1 Å². The summed E-state index contributed by atoms with van der Waals surface area (Å²) in [7, 11) is 0. The molecule has 0 saturated heterocycles. The van der Waals surface area contributed by atoms with Crippen molar-refractivity contribution in [2.45, 2.75) is 18.6 Å². The quantitative estimate of drug-likeness (QED) is 0.326. The number of nitrogens with zero attached hydrogens (tertiary/aromatic N) is 2. The first-order chi connectivity index (χ1) is 16.4. The Hall–Kier alpha value is -4.07. The summed E-state index contributed by atoms with van der Waals surface area (Å²) < 4.78 is 49.6. The van der Waals surface area contributed by atoms with Gasteiger partial charge in [0.15, 0.2) is 0 Å². The van der Waals surface area contributed by atoms with E-state index in [0.29, 0.717) is 18.7 Å². The number of pyridine rings is 1. The Balaban J connectivity index is 1.48. The second-order valence-electron chi connectivity index (χ2n) is 7.91. The molecule has 34 heavy (non-hydrogen) atoms. The average Bonchev–Trinajstić information content (AvgIpc) is 3.50. The molecule has 1 amide bonds. The van der Waals surface area contributed by atoms with Crippen molar-refractivity contribution in [1.82, 2.24) is 4.98 Å². The highest BCUT2D eigenvalue weighted by molar-refractivity contribution is 5.78. The summed E-state index contributed by atoms with van der Waals surface area (Å²) in [4.78, 5) is 17.4. The van der Waals surface area contributed by atoms with Crippen LogP contribution in [0.1, 0.15) is 28.6 Å². The fourth-order valence-electron chi connectivity index (χ4n) is 4.20. The zero-order chi connectivity index (χ0) is 23.7. The molecule has 172 valence electrons. The van der Waals surface area contributed by atoms with Crippen molar-refractivity contribution in [3.63, 3.8) is 0 Å². The number of anilines is 1. The minimum absolute atomic E-state index is 0.0391. The molecule has 0 radical (unpaired) electrons. The molecule has 0 spiro atoms. The lowest BCUT2D eigenvalue weighted by Gasteiger charge is -2.22. The van der Waals surface area contributed by atoms with Crippen LogP contribution in [0, 0.1) is 0 Å². The number of benzene rings is 2. The highest BCUT2D eigenvalue weighted by Gasteiger charge is 2.35. The molecule has 4 aromatic rings. The molecule has 0 saturated carbocycles. The normalized spacial score (nSPS) is 15.0. The minimum atomic E-state index is -4.58. The lowest BCUT2D eigenvalue weighted by atomic mass is 9.89. The van der Waals surface area contributed by atoms with Gasteiger partial charge in [0.05, 0.1) is 13.2 Å². The first-order valence-corrected chi connectivity index (χ1v) is 10.6. The number of amides is 1. The van der Waals surface area contributed by atoms with Crippen LogP contribution >= 0.6 is 0 Å². The highest BCUT2D eigenvalue weighted by atomic mass is 19.4. The zero-order valence-electron chi connectivity index (χ0n) is 17.8. The van der Waals surface area contributed by atoms with Crippen LogP contribution in [0.25, 0.3) is 11.1 Å². The van der Waals surface area contributed by atoms with Gasteiger partial charge in [-0.3, -0.25) is 9.78 Å². The Morgan fingerprint density at radius 3 is 2.50 bits per heavy atom. The van der Waals surface area contributed by atoms with Crippen molar-refractivity contribution in [3.8, 4) is 16.9 Å². The minimum Gasteiger partial charge on any atom is -0.492 e. The summed E-state index contributed by atoms with van der Waals surface area (Å²) in [5, 5.41) is 0. The van der Waals surface area contributed by atoms with Gasteiger partial charge in [0.2, 0.25) is 12.2 Å². The summed E-state index contributed by atoms with van der Waals surface area (Å²) in [6.07, 6.45) is -0.530. The second-order valence-corrected chi connectivity index (χ2v) is 7.91. The molecule has 2 aromatic carbocycles. The van der Waals surface area contributed by atoms with Gasteiger partial charge in [0.25, 0.3) is 0 Å². The van der Waals surface area contributed by atoms with Gasteiger partial charge in [-0.1, -0.05) is 24.3 Å². The molecule has 3 heterocycles. The number of ether oxygens (including phenoxy) is 1. The molecule has 0 N–H and O–H groups in total. The number of para-hydroxylation sites is 1. The van der Waals surface area contributed by atoms with Gasteiger partial charge in [-0.05, 0) is 59.2 Å². The third-order valence-corrected chi connectivity index (χ3v) is 5.82. The second kappa shape index (κ2) is 8.70. The van der Waals surface area contributed by atoms with E-state index in [0.717, 1.165) is 34.1 Å². The van der Waals surface area contributed by atoms with E-state index in [9.17, 15) is 18.0 Å². The molecule has 5 rings (SSSR count). The number of fused-ring (bicyclic) bond motifs is 1. The Bertz CT molecular complexity index is 1320. The van der Waals surface area contributed by atoms with Crippen LogP contribution in [-0.2, 0) is 17.5 Å². The van der Waals surface area contributed by atoms with Crippen LogP contribution in [0.4, 0.5) is 18.9 Å². The van der Waals surface area contributed by atoms with Crippen molar-refractivity contribution in [1.29, 1.82) is 0 Å². The number of alkyl halides is 3. The topological polar surface area (TPSA) is 55.6 Å². The third-order valence-electron chi connectivity index (χ3n) is 5.82. The predicted octanol–water partition coefficient (Wildman–Crippen LogP) is 6.05. The van der Waals surface area contributed by atoms with E-state index in [-0.39, 0.29) is 18.2 Å². The molecule has 1 aliphatic rings. The van der Waals surface area contributed by atoms with Crippen molar-refractivity contribution < 1.29 is 27.1 Å². The van der Waals surface area contributed by atoms with Crippen molar-refractivity contribution in [3.05, 3.63) is 102 Å². The van der Waals surface area contributed by atoms with Gasteiger partial charge in [-0.25, -0.2) is 0 Å². The maximum Gasteiger partial charge on any atom is 0.449 e. The number of aromatic nitrogens is 1. The number of hydrogen-bond acceptors (Lipinski definition) is 4. The molecule has 5 nitrogen and oxygen atoms in total. The Morgan fingerprint density at radius 2 is 1.76 bits per heavy atom. The van der Waals surface area contributed by atoms with E-state index in [1.165, 1.54) is 11.0 Å². The summed E-state index contributed by atoms with van der Waals surface area (Å²) >= 11 is 0. The Labute approximate surface area is 193 Å². The summed E-state index contributed by atoms with van der Waals surface area (Å²) in [5.41, 5.74) is 4.42. The number of carbonyl (C=O) groups is 1. The number of hydrogen-bond donors (Lipinski definition) is 0. The lowest BCUT2D eigenvalue weighted by Crippen LogP contribution is -2.22. The first kappa shape index (κ1) is 21.8. The SMILES string of the molecule is O=CN(Cc1ccc(C(F)(F)F)o1)c1ccccc1C1COc2ccc(-c3ccncc3)cc21. The van der Waals surface area contributed by atoms with Gasteiger partial charge in [-0.15, -0.1) is 0 Å². The molecule has 0 fully saturated rings. The van der Waals surface area contributed by atoms with Crippen LogP contribution in [0.3, 0.4) is 0 Å². The maximum atomic E-state index is 12.9. The molecule has 1 unspecified atom stereocenters. The van der Waals surface area contributed by atoms with Crippen molar-refractivity contribution >= 4 is 12.1 Å². The van der Waals surface area contributed by atoms with Crippen LogP contribution in [0.5, 0.6) is 5.75 Å². The first-order valence-electron chi connectivity index (χ1n) is 10.6. The number of halogens is 3. The molecular formula is C26H19F3N2O3. The van der Waals surface area contributed by atoms with E-state index >= 15 is 0 Å². The van der Waals surface area contributed by atoms with Gasteiger partial charge in [0.1, 0.15) is 11.5 Å². The molecule has 2 aromatic heterocycles. The predicted molar refractivity (Wildman–Crippen MR) is 119 cm³/mol. The fourth-order valence-corrected chi connectivity index (χ4v) is 4.20. The van der Waals surface area contributed by atoms with Gasteiger partial charge < -0.3 is 14.1 Å². The van der Waals surface area contributed by atoms with Gasteiger partial charge >= 0.3 is 6.18 Å². The van der Waals surface area contributed by atoms with Crippen molar-refractivity contribution in [2.24, 2.45) is 0 Å². The largest absolute Gasteiger partial charge is 0.492 e. The van der Waals surface area contributed by atoms with Crippen LogP contribution in [-0.4, -0.2) is 18.0 Å². The van der Waals surface area contributed by atoms with Crippen molar-refractivity contribution in [2.75, 3.05) is 11.5 Å². The summed E-state index contributed by atoms with van der Waals surface area (Å²) in [6, 6.07) is 19.2. The van der Waals surface area contributed by atoms with Gasteiger partial charge in [-0.2, -0.15) is 13.2 Å². The number of rotatable bonds is 6. The Morgan fingerprint density at radius 1 is 0.971 bits per heavy atom. The zero-order valence-corrected chi connectivity index (χ0v) is 17.8. The van der Waals surface area contributed by atoms with Gasteiger partial charge in [0, 0.05) is 29.6 Å². The molecular weight excluding hydrogens is 445 g/mol. The number of furan rings is 1. The van der Waals surface area contributed by atoms with E-state index < -0.39 is 11.9 Å². The molecule has 1 aliphatic heterocycles. The van der Waals surface area contributed by atoms with Crippen LogP contribution in [0.15, 0.2) is 83.5 Å². The lowest BCUT2D eigenvalue weighted by molar-refractivity contribution is -0.153. The van der Waals surface area contributed by atoms with E-state index in [4.69, 9.17) is 9.15 Å². The van der Waals surface area contributed by atoms with E-state index in [1.54, 1.807) is 24.5 Å². The fraction of sp³-hybridized carbons (Fsp3) is 0.154. The monoisotopic (exact) mass is 464 g/mol. The highest BCUT2D eigenvalue weighted by Crippen LogP contribution is 2.43. The Kier molecular flexibility index (Phi) is 5.57. The van der Waals surface area contributed by atoms with Crippen LogP contribution < -0.4 is 9.64 Å². The molecule has 0 bridgehead atoms. The standard InChI is InChI=1S/C26H19F3N2O3/c27-26(28,29)25-8-6-19(34-25)14-31(16-32)23-4-2-1-3-20(23)22-15-33-24-7-5-18(13-21(22)24)17-9-11-30-12-10-17/h1-13,16,22H,14-15H2. The molecule has 0 aliphatic carbocycles.